The van der Waals surface area contributed by atoms with E-state index in [0.717, 1.165) is 19.3 Å². The molecule has 0 saturated heterocycles. The highest BCUT2D eigenvalue weighted by Crippen LogP contribution is 2.39. The molecule has 0 heterocycles. The van der Waals surface area contributed by atoms with E-state index in [2.05, 4.69) is 60.6 Å². The predicted octanol–water partition coefficient (Wildman–Crippen LogP) is 6.76. The predicted molar refractivity (Wildman–Crippen MR) is 102 cm³/mol. The topological polar surface area (TPSA) is 35.5 Å². The van der Waals surface area contributed by atoms with Crippen LogP contribution < -0.4 is 0 Å². The van der Waals surface area contributed by atoms with Crippen LogP contribution in [0.25, 0.3) is 0 Å². The van der Waals surface area contributed by atoms with Crippen LogP contribution >= 0.6 is 0 Å². The summed E-state index contributed by atoms with van der Waals surface area (Å²) in [6.07, 6.45) is 6.94. The Balaban J connectivity index is 5.07. The van der Waals surface area contributed by atoms with Crippen molar-refractivity contribution >= 4 is 6.16 Å². The molecule has 3 heteroatoms. The van der Waals surface area contributed by atoms with Gasteiger partial charge in [-0.2, -0.15) is 0 Å². The van der Waals surface area contributed by atoms with Crippen LogP contribution in [0.5, 0.6) is 0 Å². The van der Waals surface area contributed by atoms with Gasteiger partial charge in [-0.3, -0.25) is 0 Å². The van der Waals surface area contributed by atoms with Crippen LogP contribution in [0.3, 0.4) is 0 Å². The van der Waals surface area contributed by atoms with Gasteiger partial charge in [0, 0.05) is 0 Å². The zero-order valence-corrected chi connectivity index (χ0v) is 17.7. The van der Waals surface area contributed by atoms with Gasteiger partial charge in [-0.15, -0.1) is 0 Å². The monoisotopic (exact) mass is 340 g/mol. The van der Waals surface area contributed by atoms with Crippen LogP contribution in [0.15, 0.2) is 12.2 Å². The minimum Gasteiger partial charge on any atom is -0.435 e. The molecule has 0 aliphatic heterocycles. The maximum atomic E-state index is 11.6. The lowest BCUT2D eigenvalue weighted by Crippen LogP contribution is -2.34. The average Bonchev–Trinajstić information content (AvgIpc) is 2.32. The molecule has 0 amide bonds. The summed E-state index contributed by atoms with van der Waals surface area (Å²) in [5.41, 5.74) is -0.149. The maximum Gasteiger partial charge on any atom is 0.508 e. The van der Waals surface area contributed by atoms with E-state index in [1.165, 1.54) is 0 Å². The molecule has 0 aliphatic carbocycles. The van der Waals surface area contributed by atoms with Gasteiger partial charge < -0.3 is 9.47 Å². The first-order valence-corrected chi connectivity index (χ1v) is 9.20. The molecule has 0 spiro atoms. The molecule has 0 radical (unpaired) electrons. The normalized spacial score (nSPS) is 16.1. The molecule has 0 N–H and O–H groups in total. The van der Waals surface area contributed by atoms with Crippen LogP contribution in [0.2, 0.25) is 0 Å². The fourth-order valence-electron chi connectivity index (χ4n) is 3.54. The molecule has 0 fully saturated rings. The minimum absolute atomic E-state index is 0.0227. The molecule has 0 rings (SSSR count). The van der Waals surface area contributed by atoms with Crippen molar-refractivity contribution in [2.45, 2.75) is 94.1 Å². The molecule has 0 aromatic heterocycles. The number of carbonyl (C=O) groups excluding carboxylic acids is 1. The van der Waals surface area contributed by atoms with Gasteiger partial charge in [0.1, 0.15) is 5.60 Å². The second-order valence-electron chi connectivity index (χ2n) is 9.79. The van der Waals surface area contributed by atoms with E-state index in [9.17, 15) is 4.79 Å². The van der Waals surface area contributed by atoms with E-state index in [-0.39, 0.29) is 10.8 Å². The van der Waals surface area contributed by atoms with Gasteiger partial charge in [0.2, 0.25) is 0 Å². The number of allylic oxidation sites excluding steroid dienone is 2. The molecule has 0 aliphatic rings. The van der Waals surface area contributed by atoms with E-state index in [4.69, 9.17) is 9.47 Å². The van der Waals surface area contributed by atoms with Gasteiger partial charge in [-0.25, -0.2) is 4.79 Å². The third-order valence-corrected chi connectivity index (χ3v) is 4.18. The average molecular weight is 341 g/mol. The Kier molecular flexibility index (Phi) is 8.05. The number of hydrogen-bond acceptors (Lipinski definition) is 3. The zero-order chi connectivity index (χ0) is 19.2. The number of carbonyl (C=O) groups is 1. The van der Waals surface area contributed by atoms with E-state index < -0.39 is 11.8 Å². The molecular formula is C21H40O3. The van der Waals surface area contributed by atoms with Crippen molar-refractivity contribution in [3.63, 3.8) is 0 Å². The first-order valence-electron chi connectivity index (χ1n) is 9.20. The lowest BCUT2D eigenvalue weighted by molar-refractivity contribution is -0.0320. The molecular weight excluding hydrogens is 300 g/mol. The summed E-state index contributed by atoms with van der Waals surface area (Å²) in [6, 6.07) is 0. The second kappa shape index (κ2) is 8.40. The lowest BCUT2D eigenvalue weighted by Gasteiger charge is -2.36. The van der Waals surface area contributed by atoms with Crippen molar-refractivity contribution in [3.05, 3.63) is 12.2 Å². The van der Waals surface area contributed by atoms with Gasteiger partial charge in [0.05, 0.1) is 6.61 Å². The van der Waals surface area contributed by atoms with Crippen molar-refractivity contribution in [2.75, 3.05) is 6.61 Å². The molecule has 0 bridgehead atoms. The molecule has 3 nitrogen and oxygen atoms in total. The Bertz CT molecular complexity index is 427. The Morgan fingerprint density at radius 1 is 0.875 bits per heavy atom. The SMILES string of the molecule is CCOC(=O)OC(C)(C)CC(C)(/C=C\C(C)(C)CC(C)(C)C)CC. The molecule has 24 heavy (non-hydrogen) atoms. The van der Waals surface area contributed by atoms with Gasteiger partial charge in [-0.05, 0) is 56.3 Å². The summed E-state index contributed by atoms with van der Waals surface area (Å²) >= 11 is 0. The Morgan fingerprint density at radius 3 is 1.83 bits per heavy atom. The lowest BCUT2D eigenvalue weighted by atomic mass is 9.72. The highest BCUT2D eigenvalue weighted by atomic mass is 16.7. The third kappa shape index (κ3) is 10.00. The standard InChI is InChI=1S/C21H40O3/c1-11-21(10,14-13-19(6,7)15-18(3,4)5)16-20(8,9)24-17(22)23-12-2/h13-14H,11-12,15-16H2,1-10H3/b14-13-. The fraction of sp³-hybridized carbons (Fsp3) is 0.857. The van der Waals surface area contributed by atoms with Crippen molar-refractivity contribution in [1.82, 2.24) is 0 Å². The van der Waals surface area contributed by atoms with Crippen LogP contribution in [0.4, 0.5) is 4.79 Å². The van der Waals surface area contributed by atoms with Crippen molar-refractivity contribution in [2.24, 2.45) is 16.2 Å². The number of rotatable bonds is 8. The summed E-state index contributed by atoms with van der Waals surface area (Å²) in [4.78, 5) is 11.6. The van der Waals surface area contributed by atoms with Crippen LogP contribution in [-0.4, -0.2) is 18.4 Å². The highest BCUT2D eigenvalue weighted by Gasteiger charge is 2.33. The van der Waals surface area contributed by atoms with Gasteiger partial charge in [0.25, 0.3) is 0 Å². The van der Waals surface area contributed by atoms with Gasteiger partial charge >= 0.3 is 6.16 Å². The summed E-state index contributed by atoms with van der Waals surface area (Å²) in [5, 5.41) is 0. The first-order chi connectivity index (χ1) is 10.6. The quantitative estimate of drug-likeness (QED) is 0.361. The van der Waals surface area contributed by atoms with Crippen molar-refractivity contribution in [3.8, 4) is 0 Å². The summed E-state index contributed by atoms with van der Waals surface area (Å²) < 4.78 is 10.4. The van der Waals surface area contributed by atoms with E-state index in [1.54, 1.807) is 6.92 Å². The van der Waals surface area contributed by atoms with Crippen LogP contribution in [0, 0.1) is 16.2 Å². The van der Waals surface area contributed by atoms with E-state index in [0.29, 0.717) is 12.0 Å². The number of hydrogen-bond donors (Lipinski definition) is 0. The zero-order valence-electron chi connectivity index (χ0n) is 17.7. The first kappa shape index (κ1) is 23.0. The molecule has 142 valence electrons. The Morgan fingerprint density at radius 2 is 1.42 bits per heavy atom. The molecule has 0 aromatic carbocycles. The Hall–Kier alpha value is -0.990. The maximum absolute atomic E-state index is 11.6. The van der Waals surface area contributed by atoms with E-state index in [1.807, 2.05) is 13.8 Å². The number of ether oxygens (including phenoxy) is 2. The molecule has 0 aromatic rings. The van der Waals surface area contributed by atoms with Gasteiger partial charge in [-0.1, -0.05) is 60.6 Å². The van der Waals surface area contributed by atoms with Crippen molar-refractivity contribution < 1.29 is 14.3 Å². The largest absolute Gasteiger partial charge is 0.508 e. The van der Waals surface area contributed by atoms with Crippen molar-refractivity contribution in [1.29, 1.82) is 0 Å². The highest BCUT2D eigenvalue weighted by molar-refractivity contribution is 5.60. The van der Waals surface area contributed by atoms with Crippen LogP contribution in [-0.2, 0) is 9.47 Å². The molecule has 1 atom stereocenters. The van der Waals surface area contributed by atoms with Gasteiger partial charge in [0.15, 0.2) is 0 Å². The smallest absolute Gasteiger partial charge is 0.435 e. The third-order valence-electron chi connectivity index (χ3n) is 4.18. The summed E-state index contributed by atoms with van der Waals surface area (Å²) in [6.45, 7) is 21.8. The Labute approximate surface area is 150 Å². The minimum atomic E-state index is -0.585. The van der Waals surface area contributed by atoms with Crippen LogP contribution in [0.1, 0.15) is 88.5 Å². The second-order valence-corrected chi connectivity index (χ2v) is 9.79. The summed E-state index contributed by atoms with van der Waals surface area (Å²) in [5.74, 6) is 0. The fourth-order valence-corrected chi connectivity index (χ4v) is 3.54. The molecule has 1 unspecified atom stereocenters. The summed E-state index contributed by atoms with van der Waals surface area (Å²) in [7, 11) is 0. The van der Waals surface area contributed by atoms with E-state index >= 15 is 0 Å². The molecule has 0 saturated carbocycles.